The third-order valence-corrected chi connectivity index (χ3v) is 2.66. The minimum Gasteiger partial charge on any atom is -0.379 e. The summed E-state index contributed by atoms with van der Waals surface area (Å²) in [5.41, 5.74) is 0.264. The molecule has 0 radical (unpaired) electrons. The summed E-state index contributed by atoms with van der Waals surface area (Å²) >= 11 is 0. The second-order valence-corrected chi connectivity index (χ2v) is 3.36. The summed E-state index contributed by atoms with van der Waals surface area (Å²) in [4.78, 5) is 0. The molecule has 1 saturated heterocycles. The second-order valence-electron chi connectivity index (χ2n) is 3.36. The second kappa shape index (κ2) is 2.89. The predicted molar refractivity (Wildman–Crippen MR) is 42.1 cm³/mol. The van der Waals surface area contributed by atoms with E-state index >= 15 is 0 Å². The first kappa shape index (κ1) is 8.02. The lowest BCUT2D eigenvalue weighted by Gasteiger charge is -2.31. The molecule has 1 aliphatic rings. The van der Waals surface area contributed by atoms with Crippen molar-refractivity contribution in [2.45, 2.75) is 25.8 Å². The maximum atomic E-state index is 5.35. The summed E-state index contributed by atoms with van der Waals surface area (Å²) in [6.07, 6.45) is 1.15. The van der Waals surface area contributed by atoms with Crippen molar-refractivity contribution in [3.63, 3.8) is 0 Å². The maximum Gasteiger partial charge on any atom is 0.0651 e. The Kier molecular flexibility index (Phi) is 2.32. The van der Waals surface area contributed by atoms with Gasteiger partial charge < -0.3 is 10.1 Å². The number of hydrogen-bond acceptors (Lipinski definition) is 2. The van der Waals surface area contributed by atoms with E-state index in [-0.39, 0.29) is 5.54 Å². The van der Waals surface area contributed by atoms with Crippen molar-refractivity contribution in [2.75, 3.05) is 20.3 Å². The Morgan fingerprint density at radius 1 is 1.50 bits per heavy atom. The molecule has 0 aromatic carbocycles. The van der Waals surface area contributed by atoms with Crippen LogP contribution in [0.2, 0.25) is 0 Å². The van der Waals surface area contributed by atoms with Gasteiger partial charge in [0.2, 0.25) is 0 Å². The normalized spacial score (nSPS) is 33.6. The average Bonchev–Trinajstić information content (AvgIpc) is 2.35. The van der Waals surface area contributed by atoms with Gasteiger partial charge in [0.15, 0.2) is 0 Å². The summed E-state index contributed by atoms with van der Waals surface area (Å²) in [5, 5.41) is 3.35. The molecule has 0 aromatic rings. The Labute approximate surface area is 63.0 Å². The molecule has 0 aliphatic carbocycles. The van der Waals surface area contributed by atoms with Gasteiger partial charge in [-0.3, -0.25) is 0 Å². The number of likely N-dealkylation sites (N-methyl/N-ethyl adjacent to an activating group) is 1. The van der Waals surface area contributed by atoms with Crippen molar-refractivity contribution in [3.05, 3.63) is 0 Å². The van der Waals surface area contributed by atoms with E-state index < -0.39 is 0 Å². The molecule has 1 rings (SSSR count). The van der Waals surface area contributed by atoms with Crippen molar-refractivity contribution in [3.8, 4) is 0 Å². The molecule has 1 heterocycles. The molecular weight excluding hydrogens is 126 g/mol. The molecule has 1 unspecified atom stereocenters. The zero-order chi connectivity index (χ0) is 7.61. The van der Waals surface area contributed by atoms with Crippen LogP contribution >= 0.6 is 0 Å². The minimum absolute atomic E-state index is 0.264. The standard InChI is InChI=1S/C8H17NO/c1-7(2)8(9-3)4-5-10-6-8/h7,9H,4-6H2,1-3H3. The third-order valence-electron chi connectivity index (χ3n) is 2.66. The lowest BCUT2D eigenvalue weighted by Crippen LogP contribution is -2.48. The van der Waals surface area contributed by atoms with Crippen LogP contribution in [0.1, 0.15) is 20.3 Å². The van der Waals surface area contributed by atoms with Crippen LogP contribution in [0.4, 0.5) is 0 Å². The Bertz CT molecular complexity index is 106. The molecule has 0 spiro atoms. The van der Waals surface area contributed by atoms with Gasteiger partial charge in [-0.15, -0.1) is 0 Å². The molecule has 0 saturated carbocycles. The van der Waals surface area contributed by atoms with Crippen LogP contribution in [0.25, 0.3) is 0 Å². The number of rotatable bonds is 2. The van der Waals surface area contributed by atoms with Gasteiger partial charge in [0, 0.05) is 12.1 Å². The number of hydrogen-bond donors (Lipinski definition) is 1. The van der Waals surface area contributed by atoms with Crippen molar-refractivity contribution >= 4 is 0 Å². The van der Waals surface area contributed by atoms with Gasteiger partial charge >= 0.3 is 0 Å². The number of ether oxygens (including phenoxy) is 1. The van der Waals surface area contributed by atoms with Crippen LogP contribution < -0.4 is 5.32 Å². The fourth-order valence-corrected chi connectivity index (χ4v) is 1.52. The fourth-order valence-electron chi connectivity index (χ4n) is 1.52. The summed E-state index contributed by atoms with van der Waals surface area (Å²) in [7, 11) is 2.02. The first-order valence-corrected chi connectivity index (χ1v) is 3.98. The van der Waals surface area contributed by atoms with E-state index in [1.54, 1.807) is 0 Å². The summed E-state index contributed by atoms with van der Waals surface area (Å²) in [6.45, 7) is 6.27. The molecular formula is C8H17NO. The van der Waals surface area contributed by atoms with Crippen molar-refractivity contribution in [1.29, 1.82) is 0 Å². The molecule has 10 heavy (non-hydrogen) atoms. The number of nitrogens with one attached hydrogen (secondary N) is 1. The third kappa shape index (κ3) is 1.18. The molecule has 1 atom stereocenters. The van der Waals surface area contributed by atoms with E-state index in [0.29, 0.717) is 5.92 Å². The van der Waals surface area contributed by atoms with Gasteiger partial charge in [0.05, 0.1) is 6.61 Å². The molecule has 0 aromatic heterocycles. The smallest absolute Gasteiger partial charge is 0.0651 e. The van der Waals surface area contributed by atoms with Gasteiger partial charge in [-0.2, -0.15) is 0 Å². The summed E-state index contributed by atoms with van der Waals surface area (Å²) in [6, 6.07) is 0. The average molecular weight is 143 g/mol. The van der Waals surface area contributed by atoms with E-state index in [2.05, 4.69) is 19.2 Å². The van der Waals surface area contributed by atoms with E-state index in [1.165, 1.54) is 0 Å². The highest BCUT2D eigenvalue weighted by Crippen LogP contribution is 2.26. The Morgan fingerprint density at radius 3 is 2.40 bits per heavy atom. The Morgan fingerprint density at radius 2 is 2.20 bits per heavy atom. The highest BCUT2D eigenvalue weighted by atomic mass is 16.5. The Balaban J connectivity index is 2.58. The molecule has 60 valence electrons. The lowest BCUT2D eigenvalue weighted by molar-refractivity contribution is 0.150. The van der Waals surface area contributed by atoms with Gasteiger partial charge in [0.25, 0.3) is 0 Å². The van der Waals surface area contributed by atoms with E-state index in [0.717, 1.165) is 19.6 Å². The largest absolute Gasteiger partial charge is 0.379 e. The van der Waals surface area contributed by atoms with Crippen molar-refractivity contribution in [1.82, 2.24) is 5.32 Å². The molecule has 1 aliphatic heterocycles. The molecule has 2 heteroatoms. The summed E-state index contributed by atoms with van der Waals surface area (Å²) in [5.74, 6) is 0.667. The van der Waals surface area contributed by atoms with Crippen molar-refractivity contribution in [2.24, 2.45) is 5.92 Å². The fraction of sp³-hybridized carbons (Fsp3) is 1.00. The van der Waals surface area contributed by atoms with Crippen LogP contribution in [-0.4, -0.2) is 25.8 Å². The maximum absolute atomic E-state index is 5.35. The summed E-state index contributed by atoms with van der Waals surface area (Å²) < 4.78 is 5.35. The van der Waals surface area contributed by atoms with Crippen LogP contribution in [0, 0.1) is 5.92 Å². The minimum atomic E-state index is 0.264. The first-order chi connectivity index (χ1) is 4.71. The topological polar surface area (TPSA) is 21.3 Å². The monoisotopic (exact) mass is 143 g/mol. The van der Waals surface area contributed by atoms with Gasteiger partial charge in [-0.05, 0) is 19.4 Å². The van der Waals surface area contributed by atoms with E-state index in [4.69, 9.17) is 4.74 Å². The van der Waals surface area contributed by atoms with Crippen LogP contribution in [0.15, 0.2) is 0 Å². The lowest BCUT2D eigenvalue weighted by atomic mass is 9.86. The van der Waals surface area contributed by atoms with E-state index in [9.17, 15) is 0 Å². The first-order valence-electron chi connectivity index (χ1n) is 3.98. The van der Waals surface area contributed by atoms with E-state index in [1.807, 2.05) is 7.05 Å². The van der Waals surface area contributed by atoms with Crippen LogP contribution in [-0.2, 0) is 4.74 Å². The Hall–Kier alpha value is -0.0800. The van der Waals surface area contributed by atoms with Gasteiger partial charge in [-0.1, -0.05) is 13.8 Å². The quantitative estimate of drug-likeness (QED) is 0.623. The molecule has 2 nitrogen and oxygen atoms in total. The predicted octanol–water partition coefficient (Wildman–Crippen LogP) is 1.02. The molecule has 1 N–H and O–H groups in total. The van der Waals surface area contributed by atoms with Gasteiger partial charge in [0.1, 0.15) is 0 Å². The molecule has 0 bridgehead atoms. The molecule has 1 fully saturated rings. The SMILES string of the molecule is CNC1(C(C)C)CCOC1. The molecule has 0 amide bonds. The van der Waals surface area contributed by atoms with Crippen LogP contribution in [0.5, 0.6) is 0 Å². The van der Waals surface area contributed by atoms with Crippen molar-refractivity contribution < 1.29 is 4.74 Å². The zero-order valence-corrected chi connectivity index (χ0v) is 7.11. The highest BCUT2D eigenvalue weighted by Gasteiger charge is 2.35. The van der Waals surface area contributed by atoms with Crippen LogP contribution in [0.3, 0.4) is 0 Å². The highest BCUT2D eigenvalue weighted by molar-refractivity contribution is 4.92. The van der Waals surface area contributed by atoms with Gasteiger partial charge in [-0.25, -0.2) is 0 Å². The zero-order valence-electron chi connectivity index (χ0n) is 7.11.